The monoisotopic (exact) mass is 291 g/mol. The first-order chi connectivity index (χ1) is 10.1. The van der Waals surface area contributed by atoms with Crippen LogP contribution in [0.15, 0.2) is 22.7 Å². The van der Waals surface area contributed by atoms with Gasteiger partial charge in [0.25, 0.3) is 0 Å². The van der Waals surface area contributed by atoms with Crippen molar-refractivity contribution < 1.29 is 13.7 Å². The quantitative estimate of drug-likeness (QED) is 0.869. The summed E-state index contributed by atoms with van der Waals surface area (Å²) in [6.45, 7) is 6.69. The lowest BCUT2D eigenvalue weighted by molar-refractivity contribution is -0.00852. The molecule has 1 saturated heterocycles. The van der Waals surface area contributed by atoms with Gasteiger partial charge in [-0.05, 0) is 25.5 Å². The number of morpholine rings is 1. The first-order valence-electron chi connectivity index (χ1n) is 7.04. The average Bonchev–Trinajstić information content (AvgIpc) is 2.93. The topological polar surface area (TPSA) is 51.4 Å². The van der Waals surface area contributed by atoms with Crippen molar-refractivity contribution in [2.24, 2.45) is 0 Å². The summed E-state index contributed by atoms with van der Waals surface area (Å²) in [6.07, 6.45) is 0. The van der Waals surface area contributed by atoms with Crippen molar-refractivity contribution in [3.05, 3.63) is 35.5 Å². The molecule has 21 heavy (non-hydrogen) atoms. The van der Waals surface area contributed by atoms with E-state index >= 15 is 0 Å². The maximum atomic E-state index is 13.6. The molecule has 1 fully saturated rings. The Morgan fingerprint density at radius 1 is 1.43 bits per heavy atom. The van der Waals surface area contributed by atoms with E-state index in [1.54, 1.807) is 19.1 Å². The van der Waals surface area contributed by atoms with Crippen LogP contribution in [-0.4, -0.2) is 40.8 Å². The average molecular weight is 291 g/mol. The van der Waals surface area contributed by atoms with Gasteiger partial charge < -0.3 is 9.26 Å². The highest BCUT2D eigenvalue weighted by atomic mass is 19.1. The molecule has 0 spiro atoms. The van der Waals surface area contributed by atoms with E-state index in [4.69, 9.17) is 9.26 Å². The molecule has 3 rings (SSSR count). The Bertz CT molecular complexity index is 629. The summed E-state index contributed by atoms with van der Waals surface area (Å²) >= 11 is 0. The summed E-state index contributed by atoms with van der Waals surface area (Å²) < 4.78 is 24.3. The first kappa shape index (κ1) is 14.2. The van der Waals surface area contributed by atoms with Crippen molar-refractivity contribution in [1.29, 1.82) is 0 Å². The molecular formula is C15H18FN3O2. The maximum Gasteiger partial charge on any atom is 0.241 e. The Labute approximate surface area is 122 Å². The van der Waals surface area contributed by atoms with Crippen LogP contribution in [0.1, 0.15) is 18.4 Å². The molecule has 1 aliphatic rings. The van der Waals surface area contributed by atoms with E-state index in [0.29, 0.717) is 48.6 Å². The van der Waals surface area contributed by atoms with Gasteiger partial charge in [-0.15, -0.1) is 0 Å². The number of ether oxygens (including phenoxy) is 1. The van der Waals surface area contributed by atoms with E-state index < -0.39 is 0 Å². The van der Waals surface area contributed by atoms with Crippen LogP contribution in [0.2, 0.25) is 0 Å². The molecule has 1 atom stereocenters. The summed E-state index contributed by atoms with van der Waals surface area (Å²) in [4.78, 5) is 6.59. The summed E-state index contributed by atoms with van der Waals surface area (Å²) in [5, 5.41) is 3.94. The SMILES string of the molecule is Cc1ccc(-c2noc(CN3CCOC[C@H]3C)n2)cc1F. The minimum absolute atomic E-state index is 0.263. The molecular weight excluding hydrogens is 273 g/mol. The number of hydrogen-bond donors (Lipinski definition) is 0. The third kappa shape index (κ3) is 3.11. The predicted molar refractivity (Wildman–Crippen MR) is 75.1 cm³/mol. The third-order valence-corrected chi connectivity index (χ3v) is 3.74. The van der Waals surface area contributed by atoms with Crippen LogP contribution in [0.25, 0.3) is 11.4 Å². The number of aromatic nitrogens is 2. The molecule has 0 unspecified atom stereocenters. The lowest BCUT2D eigenvalue weighted by Gasteiger charge is -2.31. The Hall–Kier alpha value is -1.79. The van der Waals surface area contributed by atoms with Crippen LogP contribution in [-0.2, 0) is 11.3 Å². The van der Waals surface area contributed by atoms with E-state index in [2.05, 4.69) is 22.0 Å². The fraction of sp³-hybridized carbons (Fsp3) is 0.467. The second-order valence-electron chi connectivity index (χ2n) is 5.37. The number of nitrogens with zero attached hydrogens (tertiary/aromatic N) is 3. The van der Waals surface area contributed by atoms with Gasteiger partial charge in [0.1, 0.15) is 5.82 Å². The van der Waals surface area contributed by atoms with Gasteiger partial charge in [-0.2, -0.15) is 4.98 Å². The number of hydrogen-bond acceptors (Lipinski definition) is 5. The Balaban J connectivity index is 1.75. The van der Waals surface area contributed by atoms with Crippen molar-refractivity contribution in [2.45, 2.75) is 26.4 Å². The normalized spacial score (nSPS) is 19.9. The van der Waals surface area contributed by atoms with Gasteiger partial charge in [-0.3, -0.25) is 4.90 Å². The third-order valence-electron chi connectivity index (χ3n) is 3.74. The lowest BCUT2D eigenvalue weighted by atomic mass is 10.1. The maximum absolute atomic E-state index is 13.6. The molecule has 112 valence electrons. The predicted octanol–water partition coefficient (Wildman–Crippen LogP) is 2.40. The zero-order chi connectivity index (χ0) is 14.8. The minimum atomic E-state index is -0.263. The molecule has 0 N–H and O–H groups in total. The molecule has 5 nitrogen and oxygen atoms in total. The molecule has 0 radical (unpaired) electrons. The fourth-order valence-corrected chi connectivity index (χ4v) is 2.34. The summed E-state index contributed by atoms with van der Waals surface area (Å²) in [5.74, 6) is 0.699. The van der Waals surface area contributed by atoms with Crippen LogP contribution in [0.5, 0.6) is 0 Å². The van der Waals surface area contributed by atoms with Crippen molar-refractivity contribution in [3.63, 3.8) is 0 Å². The number of halogens is 1. The number of rotatable bonds is 3. The molecule has 1 aromatic heterocycles. The van der Waals surface area contributed by atoms with Gasteiger partial charge in [-0.1, -0.05) is 17.3 Å². The van der Waals surface area contributed by atoms with Crippen molar-refractivity contribution in [1.82, 2.24) is 15.0 Å². The zero-order valence-electron chi connectivity index (χ0n) is 12.2. The highest BCUT2D eigenvalue weighted by Gasteiger charge is 2.21. The number of aryl methyl sites for hydroxylation is 1. The molecule has 6 heteroatoms. The number of benzene rings is 1. The molecule has 2 heterocycles. The van der Waals surface area contributed by atoms with Gasteiger partial charge in [0.05, 0.1) is 19.8 Å². The Kier molecular flexibility index (Phi) is 3.98. The molecule has 0 amide bonds. The van der Waals surface area contributed by atoms with Gasteiger partial charge >= 0.3 is 0 Å². The highest BCUT2D eigenvalue weighted by molar-refractivity contribution is 5.54. The second kappa shape index (κ2) is 5.91. The van der Waals surface area contributed by atoms with E-state index in [1.807, 2.05) is 0 Å². The Morgan fingerprint density at radius 2 is 2.29 bits per heavy atom. The van der Waals surface area contributed by atoms with Crippen molar-refractivity contribution in [3.8, 4) is 11.4 Å². The summed E-state index contributed by atoms with van der Waals surface area (Å²) in [7, 11) is 0. The van der Waals surface area contributed by atoms with E-state index in [1.165, 1.54) is 6.07 Å². The van der Waals surface area contributed by atoms with Gasteiger partial charge in [0.2, 0.25) is 11.7 Å². The molecule has 1 aliphatic heterocycles. The van der Waals surface area contributed by atoms with E-state index in [0.717, 1.165) is 6.54 Å². The standard InChI is InChI=1S/C15H18FN3O2/c1-10-3-4-12(7-13(10)16)15-17-14(21-18-15)8-19-5-6-20-9-11(19)2/h3-4,7,11H,5-6,8-9H2,1-2H3/t11-/m1/s1. The van der Waals surface area contributed by atoms with Gasteiger partial charge in [0, 0.05) is 18.2 Å². The summed E-state index contributed by atoms with van der Waals surface area (Å²) in [6, 6.07) is 5.27. The van der Waals surface area contributed by atoms with Gasteiger partial charge in [-0.25, -0.2) is 4.39 Å². The lowest BCUT2D eigenvalue weighted by Crippen LogP contribution is -2.42. The van der Waals surface area contributed by atoms with Crippen LogP contribution in [0, 0.1) is 12.7 Å². The summed E-state index contributed by atoms with van der Waals surface area (Å²) in [5.41, 5.74) is 1.23. The smallest absolute Gasteiger partial charge is 0.241 e. The van der Waals surface area contributed by atoms with Gasteiger partial charge in [0.15, 0.2) is 0 Å². The molecule has 2 aromatic rings. The fourth-order valence-electron chi connectivity index (χ4n) is 2.34. The first-order valence-corrected chi connectivity index (χ1v) is 7.04. The zero-order valence-corrected chi connectivity index (χ0v) is 12.2. The molecule has 1 aromatic carbocycles. The molecule has 0 aliphatic carbocycles. The Morgan fingerprint density at radius 3 is 3.05 bits per heavy atom. The largest absolute Gasteiger partial charge is 0.379 e. The van der Waals surface area contributed by atoms with Crippen LogP contribution < -0.4 is 0 Å². The minimum Gasteiger partial charge on any atom is -0.379 e. The van der Waals surface area contributed by atoms with Crippen LogP contribution in [0.3, 0.4) is 0 Å². The van der Waals surface area contributed by atoms with E-state index in [-0.39, 0.29) is 5.82 Å². The van der Waals surface area contributed by atoms with E-state index in [9.17, 15) is 4.39 Å². The van der Waals surface area contributed by atoms with Crippen molar-refractivity contribution >= 4 is 0 Å². The second-order valence-corrected chi connectivity index (χ2v) is 5.37. The van der Waals surface area contributed by atoms with Crippen molar-refractivity contribution in [2.75, 3.05) is 19.8 Å². The van der Waals surface area contributed by atoms with Crippen LogP contribution in [0.4, 0.5) is 4.39 Å². The molecule has 0 bridgehead atoms. The highest BCUT2D eigenvalue weighted by Crippen LogP contribution is 2.20. The molecule has 0 saturated carbocycles. The van der Waals surface area contributed by atoms with Crippen LogP contribution >= 0.6 is 0 Å².